The first-order valence-corrected chi connectivity index (χ1v) is 4.18. The summed E-state index contributed by atoms with van der Waals surface area (Å²) in [6.45, 7) is 1.57. The van der Waals surface area contributed by atoms with Crippen LogP contribution in [0, 0.1) is 0 Å². The van der Waals surface area contributed by atoms with E-state index < -0.39 is 13.8 Å². The van der Waals surface area contributed by atoms with Gasteiger partial charge in [-0.2, -0.15) is 0 Å². The van der Waals surface area contributed by atoms with E-state index in [2.05, 4.69) is 13.6 Å². The third-order valence-corrected chi connectivity index (χ3v) is 2.30. The van der Waals surface area contributed by atoms with Gasteiger partial charge in [-0.05, 0) is 0 Å². The second-order valence-electron chi connectivity index (χ2n) is 1.70. The van der Waals surface area contributed by atoms with Crippen molar-refractivity contribution in [2.75, 3.05) is 13.2 Å². The van der Waals surface area contributed by atoms with Gasteiger partial charge in [-0.15, -0.1) is 0 Å². The van der Waals surface area contributed by atoms with Crippen LogP contribution in [0.2, 0.25) is 0 Å². The monoisotopic (exact) mass is 166 g/mol. The molecule has 1 rings (SSSR count). The molecule has 0 aromatic carbocycles. The van der Waals surface area contributed by atoms with Crippen molar-refractivity contribution in [1.82, 2.24) is 0 Å². The largest absolute Gasteiger partial charge is 0.532 e. The second-order valence-corrected chi connectivity index (χ2v) is 3.29. The number of phosphoric acid groups is 1. The highest BCUT2D eigenvalue weighted by Crippen LogP contribution is 2.52. The van der Waals surface area contributed by atoms with E-state index in [1.54, 1.807) is 0 Å². The highest BCUT2D eigenvalue weighted by molar-refractivity contribution is 7.49. The van der Waals surface area contributed by atoms with Gasteiger partial charge in [-0.3, -0.25) is 13.8 Å². The van der Waals surface area contributed by atoms with Crippen molar-refractivity contribution in [3.8, 4) is 0 Å². The Hall–Kier alpha value is -0.380. The van der Waals surface area contributed by atoms with Crippen LogP contribution in [0.5, 0.6) is 0 Å². The summed E-state index contributed by atoms with van der Waals surface area (Å²) in [5.41, 5.74) is 0. The summed E-state index contributed by atoms with van der Waals surface area (Å²) in [6, 6.07) is 0. The summed E-state index contributed by atoms with van der Waals surface area (Å²) >= 11 is 0. The van der Waals surface area contributed by atoms with Crippen LogP contribution in [0.3, 0.4) is 0 Å². The molecule has 1 saturated heterocycles. The van der Waals surface area contributed by atoms with Crippen LogP contribution >= 0.6 is 7.82 Å². The summed E-state index contributed by atoms with van der Waals surface area (Å²) in [5, 5.41) is 0. The van der Waals surface area contributed by atoms with Crippen LogP contribution in [-0.2, 0) is 22.9 Å². The van der Waals surface area contributed by atoms with E-state index in [1.807, 2.05) is 0 Å². The summed E-state index contributed by atoms with van der Waals surface area (Å²) < 4.78 is 24.3. The number of hydrogen-bond donors (Lipinski definition) is 0. The number of rotatable bonds is 1. The van der Waals surface area contributed by atoms with E-state index in [0.717, 1.165) is 6.92 Å². The molecule has 1 aliphatic heterocycles. The third kappa shape index (κ3) is 1.80. The predicted octanol–water partition coefficient (Wildman–Crippen LogP) is 0.704. The van der Waals surface area contributed by atoms with E-state index >= 15 is 0 Å². The van der Waals surface area contributed by atoms with E-state index in [-0.39, 0.29) is 13.2 Å². The van der Waals surface area contributed by atoms with Crippen molar-refractivity contribution in [3.05, 3.63) is 0 Å². The Morgan fingerprint density at radius 3 is 2.40 bits per heavy atom. The zero-order valence-electron chi connectivity index (χ0n) is 5.40. The molecule has 0 atom stereocenters. The van der Waals surface area contributed by atoms with Crippen molar-refractivity contribution in [1.29, 1.82) is 0 Å². The zero-order valence-corrected chi connectivity index (χ0v) is 6.30. The molecule has 1 aliphatic rings. The molecular formula is C4H7O5P. The first kappa shape index (κ1) is 7.72. The Labute approximate surface area is 57.9 Å². The molecule has 1 heterocycles. The predicted molar refractivity (Wildman–Crippen MR) is 31.3 cm³/mol. The van der Waals surface area contributed by atoms with E-state index in [0.29, 0.717) is 0 Å². The van der Waals surface area contributed by atoms with E-state index in [1.165, 1.54) is 0 Å². The topological polar surface area (TPSA) is 61.8 Å². The van der Waals surface area contributed by atoms with Crippen molar-refractivity contribution in [2.45, 2.75) is 6.92 Å². The zero-order chi connectivity index (χ0) is 7.61. The Balaban J connectivity index is 2.52. The van der Waals surface area contributed by atoms with Crippen LogP contribution in [0.15, 0.2) is 0 Å². The van der Waals surface area contributed by atoms with Gasteiger partial charge in [0.1, 0.15) is 0 Å². The molecule has 0 amide bonds. The summed E-state index contributed by atoms with van der Waals surface area (Å²) in [6.07, 6.45) is 0. The molecule has 0 bridgehead atoms. The van der Waals surface area contributed by atoms with Crippen molar-refractivity contribution >= 4 is 13.8 Å². The maximum Gasteiger partial charge on any atom is 0.532 e. The molecule has 0 saturated carbocycles. The maximum absolute atomic E-state index is 10.9. The summed E-state index contributed by atoms with van der Waals surface area (Å²) in [4.78, 5) is 10.3. The average Bonchev–Trinajstić information content (AvgIpc) is 2.12. The normalized spacial score (nSPS) is 22.5. The number of carbonyl (C=O) groups excluding carboxylic acids is 1. The Morgan fingerprint density at radius 1 is 1.50 bits per heavy atom. The Morgan fingerprint density at radius 2 is 2.00 bits per heavy atom. The molecule has 0 aliphatic carbocycles. The molecule has 0 N–H and O–H groups in total. The highest BCUT2D eigenvalue weighted by Gasteiger charge is 2.34. The number of phosphoric ester groups is 1. The minimum atomic E-state index is -3.48. The van der Waals surface area contributed by atoms with Crippen LogP contribution in [-0.4, -0.2) is 19.2 Å². The summed E-state index contributed by atoms with van der Waals surface area (Å²) in [5.74, 6) is -0.662. The SMILES string of the molecule is CC(=O)OP1(=O)OCCO1. The fraction of sp³-hybridized carbons (Fsp3) is 0.750. The highest BCUT2D eigenvalue weighted by atomic mass is 31.2. The first-order chi connectivity index (χ1) is 4.62. The minimum absolute atomic E-state index is 0.213. The van der Waals surface area contributed by atoms with Gasteiger partial charge in [-0.1, -0.05) is 0 Å². The molecule has 0 radical (unpaired) electrons. The number of carbonyl (C=O) groups is 1. The van der Waals surface area contributed by atoms with Gasteiger partial charge >= 0.3 is 13.8 Å². The van der Waals surface area contributed by atoms with Gasteiger partial charge < -0.3 is 4.52 Å². The molecule has 0 spiro atoms. The average molecular weight is 166 g/mol. The van der Waals surface area contributed by atoms with Crippen LogP contribution in [0.25, 0.3) is 0 Å². The quantitative estimate of drug-likeness (QED) is 0.536. The Bertz CT molecular complexity index is 178. The van der Waals surface area contributed by atoms with Crippen LogP contribution < -0.4 is 0 Å². The van der Waals surface area contributed by atoms with Gasteiger partial charge in [0.25, 0.3) is 0 Å². The fourth-order valence-electron chi connectivity index (χ4n) is 0.546. The second kappa shape index (κ2) is 2.70. The molecule has 58 valence electrons. The van der Waals surface area contributed by atoms with Crippen molar-refractivity contribution < 1.29 is 22.9 Å². The van der Waals surface area contributed by atoms with Gasteiger partial charge in [0.15, 0.2) is 0 Å². The van der Waals surface area contributed by atoms with Gasteiger partial charge in [0, 0.05) is 6.92 Å². The molecule has 0 unspecified atom stereocenters. The molecule has 0 aromatic heterocycles. The van der Waals surface area contributed by atoms with E-state index in [4.69, 9.17) is 0 Å². The molecular weight excluding hydrogens is 159 g/mol. The van der Waals surface area contributed by atoms with Crippen LogP contribution in [0.4, 0.5) is 0 Å². The Kier molecular flexibility index (Phi) is 2.08. The number of hydrogen-bond acceptors (Lipinski definition) is 5. The lowest BCUT2D eigenvalue weighted by atomic mass is 10.8. The molecule has 5 nitrogen and oxygen atoms in total. The van der Waals surface area contributed by atoms with Gasteiger partial charge in [0.05, 0.1) is 13.2 Å². The van der Waals surface area contributed by atoms with Gasteiger partial charge in [0.2, 0.25) is 0 Å². The third-order valence-electron chi connectivity index (χ3n) is 0.822. The lowest BCUT2D eigenvalue weighted by Crippen LogP contribution is -1.96. The molecule has 10 heavy (non-hydrogen) atoms. The fourth-order valence-corrected chi connectivity index (χ4v) is 1.64. The van der Waals surface area contributed by atoms with Gasteiger partial charge in [-0.25, -0.2) is 4.57 Å². The minimum Gasteiger partial charge on any atom is -0.371 e. The molecule has 6 heteroatoms. The van der Waals surface area contributed by atoms with Crippen LogP contribution in [0.1, 0.15) is 6.92 Å². The van der Waals surface area contributed by atoms with Crippen molar-refractivity contribution in [3.63, 3.8) is 0 Å². The van der Waals surface area contributed by atoms with E-state index in [9.17, 15) is 9.36 Å². The smallest absolute Gasteiger partial charge is 0.371 e. The lowest BCUT2D eigenvalue weighted by molar-refractivity contribution is -0.133. The maximum atomic E-state index is 10.9. The molecule has 1 fully saturated rings. The first-order valence-electron chi connectivity index (χ1n) is 2.72. The molecule has 0 aromatic rings. The van der Waals surface area contributed by atoms with Crippen molar-refractivity contribution in [2.24, 2.45) is 0 Å². The lowest BCUT2D eigenvalue weighted by Gasteiger charge is -2.05. The summed E-state index contributed by atoms with van der Waals surface area (Å²) in [7, 11) is -3.48. The standard InChI is InChI=1S/C4H7O5P/c1-4(5)9-10(6)7-2-3-8-10/h2-3H2,1H3.